The molecule has 0 saturated carbocycles. The van der Waals surface area contributed by atoms with E-state index in [4.69, 9.17) is 4.74 Å². The molecule has 0 spiro atoms. The molecular formula is C12H11BrFN3O. The van der Waals surface area contributed by atoms with E-state index in [0.717, 1.165) is 5.56 Å². The maximum absolute atomic E-state index is 13.6. The van der Waals surface area contributed by atoms with E-state index in [2.05, 4.69) is 31.2 Å². The first-order valence-corrected chi connectivity index (χ1v) is 6.03. The van der Waals surface area contributed by atoms with Crippen LogP contribution in [0.3, 0.4) is 0 Å². The van der Waals surface area contributed by atoms with E-state index in [0.29, 0.717) is 16.2 Å². The largest absolute Gasteiger partial charge is 0.435 e. The summed E-state index contributed by atoms with van der Waals surface area (Å²) in [5, 5.41) is 2.91. The van der Waals surface area contributed by atoms with Gasteiger partial charge in [0.05, 0.1) is 5.56 Å². The van der Waals surface area contributed by atoms with Crippen molar-refractivity contribution in [3.05, 3.63) is 40.4 Å². The Hall–Kier alpha value is -1.69. The first kappa shape index (κ1) is 12.8. The van der Waals surface area contributed by atoms with Gasteiger partial charge in [-0.2, -0.15) is 0 Å². The molecular weight excluding hydrogens is 301 g/mol. The number of nitrogens with zero attached hydrogens (tertiary/aromatic N) is 2. The number of ether oxygens (including phenoxy) is 1. The zero-order valence-corrected chi connectivity index (χ0v) is 11.5. The molecule has 1 heterocycles. The molecule has 2 aromatic rings. The molecule has 0 unspecified atom stereocenters. The number of benzene rings is 1. The Bertz CT molecular complexity index is 577. The van der Waals surface area contributed by atoms with Crippen LogP contribution in [0.15, 0.2) is 29.0 Å². The summed E-state index contributed by atoms with van der Waals surface area (Å²) in [7, 11) is 1.75. The number of hydrogen-bond donors (Lipinski definition) is 1. The molecule has 18 heavy (non-hydrogen) atoms. The molecule has 94 valence electrons. The molecule has 0 saturated heterocycles. The van der Waals surface area contributed by atoms with E-state index in [9.17, 15) is 4.39 Å². The molecule has 0 aliphatic rings. The lowest BCUT2D eigenvalue weighted by Gasteiger charge is -2.10. The fraction of sp³-hybridized carbons (Fsp3) is 0.167. The van der Waals surface area contributed by atoms with E-state index in [-0.39, 0.29) is 5.75 Å². The van der Waals surface area contributed by atoms with Crippen molar-refractivity contribution in [2.45, 2.75) is 6.92 Å². The summed E-state index contributed by atoms with van der Waals surface area (Å²) in [6, 6.07) is 4.58. The Morgan fingerprint density at radius 1 is 1.33 bits per heavy atom. The van der Waals surface area contributed by atoms with Crippen molar-refractivity contribution in [3.8, 4) is 11.6 Å². The molecule has 2 rings (SSSR count). The standard InChI is InChI=1S/C12H11BrFN3O/c1-7-11(15-2)16-6-17-12(7)18-10-4-3-8(13)5-9(10)14/h3-6H,1-2H3,(H,15,16,17). The van der Waals surface area contributed by atoms with Crippen LogP contribution in [0.4, 0.5) is 10.2 Å². The Kier molecular flexibility index (Phi) is 3.76. The molecule has 1 aromatic heterocycles. The molecule has 4 nitrogen and oxygen atoms in total. The van der Waals surface area contributed by atoms with Gasteiger partial charge in [0.2, 0.25) is 5.88 Å². The van der Waals surface area contributed by atoms with Crippen molar-refractivity contribution in [1.29, 1.82) is 0 Å². The van der Waals surface area contributed by atoms with Gasteiger partial charge in [-0.3, -0.25) is 0 Å². The van der Waals surface area contributed by atoms with Crippen molar-refractivity contribution < 1.29 is 9.13 Å². The van der Waals surface area contributed by atoms with E-state index in [1.807, 2.05) is 0 Å². The second-order valence-corrected chi connectivity index (χ2v) is 4.49. The molecule has 0 aliphatic carbocycles. The molecule has 1 aromatic carbocycles. The average Bonchev–Trinajstić information content (AvgIpc) is 2.35. The predicted octanol–water partition coefficient (Wildman–Crippen LogP) is 3.52. The highest BCUT2D eigenvalue weighted by Gasteiger charge is 2.11. The lowest BCUT2D eigenvalue weighted by molar-refractivity contribution is 0.423. The van der Waals surface area contributed by atoms with Crippen molar-refractivity contribution in [2.24, 2.45) is 0 Å². The summed E-state index contributed by atoms with van der Waals surface area (Å²) in [5.41, 5.74) is 0.724. The van der Waals surface area contributed by atoms with Gasteiger partial charge >= 0.3 is 0 Å². The molecule has 1 N–H and O–H groups in total. The topological polar surface area (TPSA) is 47.0 Å². The van der Waals surface area contributed by atoms with Gasteiger partial charge in [-0.25, -0.2) is 14.4 Å². The third kappa shape index (κ3) is 2.59. The fourth-order valence-electron chi connectivity index (χ4n) is 1.45. The number of rotatable bonds is 3. The lowest BCUT2D eigenvalue weighted by Crippen LogP contribution is -2.00. The minimum Gasteiger partial charge on any atom is -0.435 e. The van der Waals surface area contributed by atoms with Crippen molar-refractivity contribution in [1.82, 2.24) is 9.97 Å². The maximum Gasteiger partial charge on any atom is 0.227 e. The van der Waals surface area contributed by atoms with Gasteiger partial charge in [0.25, 0.3) is 0 Å². The number of hydrogen-bond acceptors (Lipinski definition) is 4. The Morgan fingerprint density at radius 3 is 2.78 bits per heavy atom. The molecule has 0 aliphatic heterocycles. The quantitative estimate of drug-likeness (QED) is 0.942. The Morgan fingerprint density at radius 2 is 2.11 bits per heavy atom. The van der Waals surface area contributed by atoms with E-state index in [1.165, 1.54) is 12.4 Å². The highest BCUT2D eigenvalue weighted by Crippen LogP contribution is 2.29. The average molecular weight is 312 g/mol. The summed E-state index contributed by atoms with van der Waals surface area (Å²) in [5.74, 6) is 0.656. The van der Waals surface area contributed by atoms with Gasteiger partial charge in [0.15, 0.2) is 11.6 Å². The summed E-state index contributed by atoms with van der Waals surface area (Å²) >= 11 is 3.19. The van der Waals surface area contributed by atoms with Gasteiger partial charge in [-0.1, -0.05) is 15.9 Å². The van der Waals surface area contributed by atoms with Crippen LogP contribution in [0.5, 0.6) is 11.6 Å². The molecule has 0 amide bonds. The van der Waals surface area contributed by atoms with Crippen molar-refractivity contribution in [3.63, 3.8) is 0 Å². The second kappa shape index (κ2) is 5.30. The van der Waals surface area contributed by atoms with E-state index >= 15 is 0 Å². The Balaban J connectivity index is 2.34. The number of aromatic nitrogens is 2. The van der Waals surface area contributed by atoms with Gasteiger partial charge in [0.1, 0.15) is 12.1 Å². The minimum absolute atomic E-state index is 0.127. The number of anilines is 1. The molecule has 6 heteroatoms. The van der Waals surface area contributed by atoms with E-state index < -0.39 is 5.82 Å². The third-order valence-electron chi connectivity index (χ3n) is 2.38. The van der Waals surface area contributed by atoms with Crippen LogP contribution in [0, 0.1) is 12.7 Å². The Labute approximate surface area is 112 Å². The van der Waals surface area contributed by atoms with Crippen molar-refractivity contribution in [2.75, 3.05) is 12.4 Å². The first-order valence-electron chi connectivity index (χ1n) is 5.24. The first-order chi connectivity index (χ1) is 8.61. The minimum atomic E-state index is -0.451. The number of halogens is 2. The summed E-state index contributed by atoms with van der Waals surface area (Å²) in [6.07, 6.45) is 1.37. The van der Waals surface area contributed by atoms with Crippen LogP contribution in [-0.4, -0.2) is 17.0 Å². The molecule has 0 bridgehead atoms. The summed E-state index contributed by atoms with van der Waals surface area (Å²) in [6.45, 7) is 1.80. The van der Waals surface area contributed by atoms with Crippen LogP contribution < -0.4 is 10.1 Å². The summed E-state index contributed by atoms with van der Waals surface area (Å²) in [4.78, 5) is 8.03. The summed E-state index contributed by atoms with van der Waals surface area (Å²) < 4.78 is 19.7. The van der Waals surface area contributed by atoms with Gasteiger partial charge in [0, 0.05) is 11.5 Å². The van der Waals surface area contributed by atoms with E-state index in [1.54, 1.807) is 26.1 Å². The SMILES string of the molecule is CNc1ncnc(Oc2ccc(Br)cc2F)c1C. The third-order valence-corrected chi connectivity index (χ3v) is 2.87. The normalized spacial score (nSPS) is 10.2. The molecule has 0 atom stereocenters. The fourth-order valence-corrected chi connectivity index (χ4v) is 1.78. The van der Waals surface area contributed by atoms with Crippen LogP contribution in [0.2, 0.25) is 0 Å². The zero-order valence-electron chi connectivity index (χ0n) is 9.87. The highest BCUT2D eigenvalue weighted by molar-refractivity contribution is 9.10. The van der Waals surface area contributed by atoms with Crippen LogP contribution >= 0.6 is 15.9 Å². The predicted molar refractivity (Wildman–Crippen MR) is 70.5 cm³/mol. The highest BCUT2D eigenvalue weighted by atomic mass is 79.9. The van der Waals surface area contributed by atoms with Crippen LogP contribution in [0.1, 0.15) is 5.56 Å². The number of nitrogens with one attached hydrogen (secondary N) is 1. The molecule has 0 radical (unpaired) electrons. The monoisotopic (exact) mass is 311 g/mol. The van der Waals surface area contributed by atoms with Crippen LogP contribution in [0.25, 0.3) is 0 Å². The smallest absolute Gasteiger partial charge is 0.227 e. The van der Waals surface area contributed by atoms with Crippen molar-refractivity contribution >= 4 is 21.7 Å². The molecule has 0 fully saturated rings. The van der Waals surface area contributed by atoms with Crippen LogP contribution in [-0.2, 0) is 0 Å². The van der Waals surface area contributed by atoms with Gasteiger partial charge < -0.3 is 10.1 Å². The second-order valence-electron chi connectivity index (χ2n) is 3.58. The maximum atomic E-state index is 13.6. The van der Waals surface area contributed by atoms with Gasteiger partial charge in [-0.05, 0) is 25.1 Å². The van der Waals surface area contributed by atoms with Gasteiger partial charge in [-0.15, -0.1) is 0 Å². The zero-order chi connectivity index (χ0) is 13.1. The lowest BCUT2D eigenvalue weighted by atomic mass is 10.3.